The number of aromatic nitrogens is 4. The first-order valence-electron chi connectivity index (χ1n) is 11.3. The monoisotopic (exact) mass is 552 g/mol. The lowest BCUT2D eigenvalue weighted by Gasteiger charge is -2.07. The molecule has 0 unspecified atom stereocenters. The Labute approximate surface area is 217 Å². The maximum absolute atomic E-state index is 11.0. The van der Waals surface area contributed by atoms with Gasteiger partial charge < -0.3 is 9.13 Å². The number of non-ortho nitro benzene ring substituents is 1. The highest BCUT2D eigenvalue weighted by Gasteiger charge is 2.16. The molecule has 0 saturated carbocycles. The van der Waals surface area contributed by atoms with Gasteiger partial charge in [0, 0.05) is 42.6 Å². The van der Waals surface area contributed by atoms with Crippen molar-refractivity contribution in [1.82, 2.24) is 19.3 Å². The molecule has 0 saturated heterocycles. The minimum Gasteiger partial charge on any atom is -0.313 e. The molecule has 4 aromatic rings. The molecular formula is C25H25BrN6O2S. The maximum atomic E-state index is 11.0. The molecule has 0 amide bonds. The molecule has 0 N–H and O–H groups in total. The van der Waals surface area contributed by atoms with Crippen molar-refractivity contribution in [2.45, 2.75) is 38.8 Å². The maximum Gasteiger partial charge on any atom is 0.269 e. The van der Waals surface area contributed by atoms with Gasteiger partial charge in [0.05, 0.1) is 16.3 Å². The van der Waals surface area contributed by atoms with E-state index in [9.17, 15) is 10.1 Å². The summed E-state index contributed by atoms with van der Waals surface area (Å²) in [4.78, 5) is 16.3. The van der Waals surface area contributed by atoms with Gasteiger partial charge in [0.1, 0.15) is 5.82 Å². The van der Waals surface area contributed by atoms with Gasteiger partial charge in [0.25, 0.3) is 5.69 Å². The fourth-order valence-corrected chi connectivity index (χ4v) is 5.14. The number of allylic oxidation sites excluding steroid dienone is 1. The minimum absolute atomic E-state index is 0. The number of thiazole rings is 1. The van der Waals surface area contributed by atoms with Crippen molar-refractivity contribution in [2.75, 3.05) is 0 Å². The lowest BCUT2D eigenvalue weighted by atomic mass is 10.1. The molecule has 3 heterocycles. The standard InChI is InChI=1S/C25H24N6O2S.BrH/c1-2-15-29-22(18-9-13-21(14-10-18)31(32)33)17-34-25(29)26-20-11-7-19(8-12-20)24-28-27-23-6-4-3-5-16-30(23)24;/h2,7-14,17H,1,3-6,15-16H2;1H. The van der Waals surface area contributed by atoms with Gasteiger partial charge in [-0.15, -0.1) is 45.1 Å². The fourth-order valence-electron chi connectivity index (χ4n) is 4.20. The van der Waals surface area contributed by atoms with E-state index in [1.165, 1.54) is 36.3 Å². The van der Waals surface area contributed by atoms with E-state index in [1.54, 1.807) is 12.1 Å². The van der Waals surface area contributed by atoms with E-state index in [0.717, 1.165) is 58.3 Å². The molecule has 1 aliphatic rings. The Morgan fingerprint density at radius 2 is 1.80 bits per heavy atom. The fraction of sp³-hybridized carbons (Fsp3) is 0.240. The zero-order chi connectivity index (χ0) is 23.5. The number of aryl methyl sites for hydroxylation is 1. The average Bonchev–Trinajstić information content (AvgIpc) is 3.36. The van der Waals surface area contributed by atoms with E-state index >= 15 is 0 Å². The summed E-state index contributed by atoms with van der Waals surface area (Å²) < 4.78 is 4.30. The van der Waals surface area contributed by atoms with Gasteiger partial charge in [0.2, 0.25) is 0 Å². The van der Waals surface area contributed by atoms with Crippen LogP contribution < -0.4 is 4.80 Å². The van der Waals surface area contributed by atoms with Crippen molar-refractivity contribution in [1.29, 1.82) is 0 Å². The molecule has 180 valence electrons. The number of fused-ring (bicyclic) bond motifs is 1. The van der Waals surface area contributed by atoms with E-state index in [2.05, 4.69) is 25.9 Å². The summed E-state index contributed by atoms with van der Waals surface area (Å²) >= 11 is 1.53. The van der Waals surface area contributed by atoms with Crippen molar-refractivity contribution in [3.05, 3.63) is 87.3 Å². The highest BCUT2D eigenvalue weighted by molar-refractivity contribution is 8.93. The summed E-state index contributed by atoms with van der Waals surface area (Å²) in [5, 5.41) is 21.8. The van der Waals surface area contributed by atoms with Crippen molar-refractivity contribution >= 4 is 39.7 Å². The number of benzene rings is 2. The second-order valence-corrected chi connectivity index (χ2v) is 9.00. The van der Waals surface area contributed by atoms with Crippen LogP contribution >= 0.6 is 28.3 Å². The number of hydrogen-bond acceptors (Lipinski definition) is 6. The van der Waals surface area contributed by atoms with E-state index in [4.69, 9.17) is 4.99 Å². The first-order valence-corrected chi connectivity index (χ1v) is 12.1. The number of nitrogens with zero attached hydrogens (tertiary/aromatic N) is 6. The summed E-state index contributed by atoms with van der Waals surface area (Å²) in [7, 11) is 0. The average molecular weight is 553 g/mol. The third-order valence-electron chi connectivity index (χ3n) is 5.94. The molecule has 0 atom stereocenters. The smallest absolute Gasteiger partial charge is 0.269 e. The molecule has 2 aromatic carbocycles. The Morgan fingerprint density at radius 3 is 2.51 bits per heavy atom. The van der Waals surface area contributed by atoms with Gasteiger partial charge in [-0.05, 0) is 54.8 Å². The molecule has 0 fully saturated rings. The van der Waals surface area contributed by atoms with Crippen LogP contribution in [0, 0.1) is 10.1 Å². The summed E-state index contributed by atoms with van der Waals surface area (Å²) in [5.74, 6) is 1.99. The van der Waals surface area contributed by atoms with Crippen molar-refractivity contribution in [3.8, 4) is 22.6 Å². The molecule has 0 bridgehead atoms. The second-order valence-electron chi connectivity index (χ2n) is 8.17. The SMILES string of the molecule is Br.C=CCn1c(-c2ccc([N+](=O)[O-])cc2)csc1=Nc1ccc(-c2nnc3n2CCCCC3)cc1. The number of rotatable bonds is 6. The third-order valence-corrected chi connectivity index (χ3v) is 6.81. The van der Waals surface area contributed by atoms with Crippen LogP contribution in [0.15, 0.2) is 71.6 Å². The van der Waals surface area contributed by atoms with E-state index in [1.807, 2.05) is 35.7 Å². The van der Waals surface area contributed by atoms with E-state index < -0.39 is 4.92 Å². The van der Waals surface area contributed by atoms with Gasteiger partial charge in [-0.2, -0.15) is 0 Å². The largest absolute Gasteiger partial charge is 0.313 e. The first-order chi connectivity index (χ1) is 16.6. The topological polar surface area (TPSA) is 91.1 Å². The zero-order valence-electron chi connectivity index (χ0n) is 19.0. The van der Waals surface area contributed by atoms with Crippen LogP contribution in [0.4, 0.5) is 11.4 Å². The van der Waals surface area contributed by atoms with Crippen LogP contribution in [0.25, 0.3) is 22.6 Å². The first kappa shape index (κ1) is 24.7. The Hall–Kier alpha value is -3.37. The predicted molar refractivity (Wildman–Crippen MR) is 143 cm³/mol. The number of halogens is 1. The Bertz CT molecular complexity index is 1400. The van der Waals surface area contributed by atoms with Gasteiger partial charge in [-0.25, -0.2) is 4.99 Å². The normalized spacial score (nSPS) is 13.5. The van der Waals surface area contributed by atoms with Crippen molar-refractivity contribution in [2.24, 2.45) is 4.99 Å². The van der Waals surface area contributed by atoms with Gasteiger partial charge in [0.15, 0.2) is 10.6 Å². The second kappa shape index (κ2) is 10.9. The Balaban J connectivity index is 0.00000289. The highest BCUT2D eigenvalue weighted by Crippen LogP contribution is 2.26. The van der Waals surface area contributed by atoms with Crippen molar-refractivity contribution < 1.29 is 4.92 Å². The van der Waals surface area contributed by atoms with Gasteiger partial charge in [-0.3, -0.25) is 10.1 Å². The molecular weight excluding hydrogens is 528 g/mol. The van der Waals surface area contributed by atoms with E-state index in [0.29, 0.717) is 6.54 Å². The van der Waals surface area contributed by atoms with Crippen LogP contribution in [0.5, 0.6) is 0 Å². The van der Waals surface area contributed by atoms with Crippen LogP contribution in [-0.2, 0) is 19.5 Å². The van der Waals surface area contributed by atoms with E-state index in [-0.39, 0.29) is 22.7 Å². The molecule has 1 aliphatic heterocycles. The molecule has 0 radical (unpaired) electrons. The van der Waals surface area contributed by atoms with Gasteiger partial charge in [-0.1, -0.05) is 12.5 Å². The zero-order valence-corrected chi connectivity index (χ0v) is 21.6. The summed E-state index contributed by atoms with van der Waals surface area (Å²) in [5.41, 5.74) is 3.80. The summed E-state index contributed by atoms with van der Waals surface area (Å²) in [6.07, 6.45) is 6.36. The molecule has 0 aliphatic carbocycles. The lowest BCUT2D eigenvalue weighted by Crippen LogP contribution is -2.14. The van der Waals surface area contributed by atoms with Crippen molar-refractivity contribution in [3.63, 3.8) is 0 Å². The molecule has 10 heteroatoms. The number of hydrogen-bond donors (Lipinski definition) is 0. The summed E-state index contributed by atoms with van der Waals surface area (Å²) in [6, 6.07) is 14.7. The minimum atomic E-state index is -0.392. The van der Waals surface area contributed by atoms with Crippen LogP contribution in [-0.4, -0.2) is 24.3 Å². The molecule has 0 spiro atoms. The summed E-state index contributed by atoms with van der Waals surface area (Å²) in [6.45, 7) is 5.42. The Morgan fingerprint density at radius 1 is 1.06 bits per heavy atom. The molecule has 35 heavy (non-hydrogen) atoms. The third kappa shape index (κ3) is 5.18. The quantitative estimate of drug-likeness (QED) is 0.164. The molecule has 8 nitrogen and oxygen atoms in total. The lowest BCUT2D eigenvalue weighted by molar-refractivity contribution is -0.384. The van der Waals surface area contributed by atoms with Crippen LogP contribution in [0.3, 0.4) is 0 Å². The predicted octanol–water partition coefficient (Wildman–Crippen LogP) is 6.11. The van der Waals surface area contributed by atoms with Crippen LogP contribution in [0.2, 0.25) is 0 Å². The van der Waals surface area contributed by atoms with Crippen LogP contribution in [0.1, 0.15) is 25.1 Å². The highest BCUT2D eigenvalue weighted by atomic mass is 79.9. The molecule has 2 aromatic heterocycles. The number of nitro benzene ring substituents is 1. The van der Waals surface area contributed by atoms with Gasteiger partial charge >= 0.3 is 0 Å². The number of nitro groups is 1. The molecule has 5 rings (SSSR count). The Kier molecular flexibility index (Phi) is 7.72.